The molecule has 5 nitrogen and oxygen atoms in total. The molecule has 0 amide bonds. The van der Waals surface area contributed by atoms with Crippen LogP contribution in [0.4, 0.5) is 0 Å². The van der Waals surface area contributed by atoms with Gasteiger partial charge in [0.15, 0.2) is 0 Å². The number of aliphatic hydroxyl groups is 1. The highest BCUT2D eigenvalue weighted by atomic mass is 32.2. The molecular formula is C20H24N2O3S. The molecule has 1 aliphatic heterocycles. The van der Waals surface area contributed by atoms with Crippen molar-refractivity contribution in [3.8, 4) is 17.9 Å². The monoisotopic (exact) mass is 372 g/mol. The Balaban J connectivity index is 1.76. The van der Waals surface area contributed by atoms with Gasteiger partial charge in [-0.1, -0.05) is 43.2 Å². The quantitative estimate of drug-likeness (QED) is 0.825. The van der Waals surface area contributed by atoms with Crippen LogP contribution in [0, 0.1) is 29.1 Å². The van der Waals surface area contributed by atoms with Gasteiger partial charge >= 0.3 is 0 Å². The van der Waals surface area contributed by atoms with Gasteiger partial charge in [0.1, 0.15) is 6.04 Å². The van der Waals surface area contributed by atoms with Gasteiger partial charge in [0.2, 0.25) is 10.0 Å². The third-order valence-corrected chi connectivity index (χ3v) is 6.64. The van der Waals surface area contributed by atoms with E-state index in [1.165, 1.54) is 32.1 Å². The van der Waals surface area contributed by atoms with Crippen molar-refractivity contribution in [2.24, 2.45) is 5.92 Å². The van der Waals surface area contributed by atoms with Gasteiger partial charge in [0.25, 0.3) is 0 Å². The molecule has 1 saturated heterocycles. The average Bonchev–Trinajstić information content (AvgIpc) is 2.60. The molecule has 3 rings (SSSR count). The standard InChI is InChI=1S/C20H24N2O3S/c1-26(24,25)22-18(13-21)20(19(22)14-23)17-11-9-16(10-12-17)8-7-15-5-3-2-4-6-15/h9-12,15,18-20,23H,2-6,14H2,1H3/t18-,19+,20-/m1/s1. The largest absolute Gasteiger partial charge is 0.395 e. The van der Waals surface area contributed by atoms with Gasteiger partial charge in [-0.05, 0) is 30.5 Å². The van der Waals surface area contributed by atoms with Crippen molar-refractivity contribution in [2.45, 2.75) is 50.1 Å². The van der Waals surface area contributed by atoms with E-state index in [-0.39, 0.29) is 12.5 Å². The summed E-state index contributed by atoms with van der Waals surface area (Å²) in [6.45, 7) is -0.306. The van der Waals surface area contributed by atoms with Gasteiger partial charge in [-0.3, -0.25) is 0 Å². The second-order valence-corrected chi connectivity index (χ2v) is 9.06. The maximum Gasteiger partial charge on any atom is 0.212 e. The molecule has 1 aromatic rings. The van der Waals surface area contributed by atoms with Crippen LogP contribution in [0.25, 0.3) is 0 Å². The second kappa shape index (κ2) is 7.80. The molecule has 138 valence electrons. The van der Waals surface area contributed by atoms with Crippen molar-refractivity contribution >= 4 is 10.0 Å². The predicted octanol–water partition coefficient (Wildman–Crippen LogP) is 2.23. The number of hydrogen-bond donors (Lipinski definition) is 1. The highest BCUT2D eigenvalue weighted by Crippen LogP contribution is 2.41. The van der Waals surface area contributed by atoms with Crippen molar-refractivity contribution in [1.29, 1.82) is 5.26 Å². The Hall–Kier alpha value is -1.86. The fourth-order valence-electron chi connectivity index (χ4n) is 4.04. The summed E-state index contributed by atoms with van der Waals surface area (Å²) in [5, 5.41) is 19.0. The molecule has 0 spiro atoms. The van der Waals surface area contributed by atoms with Gasteiger partial charge in [-0.15, -0.1) is 0 Å². The molecule has 0 radical (unpaired) electrons. The first-order chi connectivity index (χ1) is 12.5. The molecule has 1 saturated carbocycles. The molecule has 1 N–H and O–H groups in total. The van der Waals surface area contributed by atoms with E-state index in [1.807, 2.05) is 24.3 Å². The number of benzene rings is 1. The fraction of sp³-hybridized carbons (Fsp3) is 0.550. The molecule has 1 aromatic carbocycles. The third-order valence-electron chi connectivity index (χ3n) is 5.38. The fourth-order valence-corrected chi connectivity index (χ4v) is 5.32. The zero-order chi connectivity index (χ0) is 18.7. The van der Waals surface area contributed by atoms with E-state index in [2.05, 4.69) is 17.9 Å². The lowest BCUT2D eigenvalue weighted by Crippen LogP contribution is -2.64. The molecule has 1 heterocycles. The summed E-state index contributed by atoms with van der Waals surface area (Å²) in [6, 6.07) is 8.31. The Bertz CT molecular complexity index is 840. The number of rotatable bonds is 3. The number of hydrogen-bond acceptors (Lipinski definition) is 4. The van der Waals surface area contributed by atoms with Gasteiger partial charge in [0, 0.05) is 17.4 Å². The van der Waals surface area contributed by atoms with E-state index < -0.39 is 22.1 Å². The Kier molecular flexibility index (Phi) is 5.67. The van der Waals surface area contributed by atoms with E-state index in [0.29, 0.717) is 5.92 Å². The molecule has 1 aliphatic carbocycles. The Morgan fingerprint density at radius 3 is 2.38 bits per heavy atom. The molecule has 0 bridgehead atoms. The van der Waals surface area contributed by atoms with Gasteiger partial charge in [-0.2, -0.15) is 9.57 Å². The molecule has 2 fully saturated rings. The summed E-state index contributed by atoms with van der Waals surface area (Å²) in [7, 11) is -3.53. The molecule has 2 aliphatic rings. The first-order valence-electron chi connectivity index (χ1n) is 9.06. The molecule has 0 aromatic heterocycles. The van der Waals surface area contributed by atoms with Crippen LogP contribution in [-0.2, 0) is 10.0 Å². The Morgan fingerprint density at radius 1 is 1.19 bits per heavy atom. The topological polar surface area (TPSA) is 81.4 Å². The highest BCUT2D eigenvalue weighted by Gasteiger charge is 2.53. The van der Waals surface area contributed by atoms with Crippen molar-refractivity contribution in [3.05, 3.63) is 35.4 Å². The van der Waals surface area contributed by atoms with Crippen molar-refractivity contribution in [3.63, 3.8) is 0 Å². The number of nitrogens with zero attached hydrogens (tertiary/aromatic N) is 2. The maximum absolute atomic E-state index is 11.9. The van der Waals surface area contributed by atoms with E-state index in [0.717, 1.165) is 21.7 Å². The molecule has 0 unspecified atom stereocenters. The molecule has 3 atom stereocenters. The number of sulfonamides is 1. The van der Waals surface area contributed by atoms with Gasteiger partial charge < -0.3 is 5.11 Å². The summed E-state index contributed by atoms with van der Waals surface area (Å²) in [6.07, 6.45) is 7.25. The summed E-state index contributed by atoms with van der Waals surface area (Å²) < 4.78 is 24.8. The number of aliphatic hydroxyl groups excluding tert-OH is 1. The van der Waals surface area contributed by atoms with E-state index in [4.69, 9.17) is 0 Å². The SMILES string of the molecule is CS(=O)(=O)N1[C@H](C#N)[C@@H](c2ccc(C#CC3CCCCC3)cc2)[C@@H]1CO. The average molecular weight is 372 g/mol. The normalized spacial score (nSPS) is 27.0. The van der Waals surface area contributed by atoms with Crippen LogP contribution in [0.1, 0.15) is 49.1 Å². The zero-order valence-electron chi connectivity index (χ0n) is 14.9. The van der Waals surface area contributed by atoms with Gasteiger partial charge in [-0.25, -0.2) is 8.42 Å². The first kappa shape index (κ1) is 18.9. The smallest absolute Gasteiger partial charge is 0.212 e. The van der Waals surface area contributed by atoms with Crippen LogP contribution >= 0.6 is 0 Å². The first-order valence-corrected chi connectivity index (χ1v) is 10.9. The summed E-state index contributed by atoms with van der Waals surface area (Å²) in [5.41, 5.74) is 1.78. The summed E-state index contributed by atoms with van der Waals surface area (Å²) in [4.78, 5) is 0. The Morgan fingerprint density at radius 2 is 1.85 bits per heavy atom. The lowest BCUT2D eigenvalue weighted by Gasteiger charge is -2.49. The van der Waals surface area contributed by atoms with Crippen molar-refractivity contribution < 1.29 is 13.5 Å². The van der Waals surface area contributed by atoms with E-state index >= 15 is 0 Å². The second-order valence-electron chi connectivity index (χ2n) is 7.17. The van der Waals surface area contributed by atoms with Crippen molar-refractivity contribution in [1.82, 2.24) is 4.31 Å². The molecule has 26 heavy (non-hydrogen) atoms. The van der Waals surface area contributed by atoms with Crippen molar-refractivity contribution in [2.75, 3.05) is 12.9 Å². The predicted molar refractivity (Wildman–Crippen MR) is 99.6 cm³/mol. The zero-order valence-corrected chi connectivity index (χ0v) is 15.7. The third kappa shape index (κ3) is 3.78. The minimum absolute atomic E-state index is 0.306. The van der Waals surface area contributed by atoms with Crippen LogP contribution in [0.3, 0.4) is 0 Å². The Labute approximate surface area is 155 Å². The van der Waals surface area contributed by atoms with E-state index in [1.54, 1.807) is 0 Å². The van der Waals surface area contributed by atoms with Crippen LogP contribution in [-0.4, -0.2) is 42.8 Å². The minimum atomic E-state index is -3.53. The minimum Gasteiger partial charge on any atom is -0.395 e. The highest BCUT2D eigenvalue weighted by molar-refractivity contribution is 7.88. The molecular weight excluding hydrogens is 348 g/mol. The van der Waals surface area contributed by atoms with Gasteiger partial charge in [0.05, 0.1) is 25.0 Å². The van der Waals surface area contributed by atoms with E-state index in [9.17, 15) is 18.8 Å². The van der Waals surface area contributed by atoms with Crippen LogP contribution in [0.2, 0.25) is 0 Å². The van der Waals surface area contributed by atoms with Crippen LogP contribution in [0.15, 0.2) is 24.3 Å². The maximum atomic E-state index is 11.9. The lowest BCUT2D eigenvalue weighted by molar-refractivity contribution is 0.0564. The lowest BCUT2D eigenvalue weighted by atomic mass is 9.78. The number of nitriles is 1. The summed E-state index contributed by atoms with van der Waals surface area (Å²) in [5.74, 6) is 6.75. The molecule has 6 heteroatoms. The summed E-state index contributed by atoms with van der Waals surface area (Å²) >= 11 is 0. The van der Waals surface area contributed by atoms with Crippen LogP contribution in [0.5, 0.6) is 0 Å². The van der Waals surface area contributed by atoms with Crippen LogP contribution < -0.4 is 0 Å².